The van der Waals surface area contributed by atoms with Crippen LogP contribution in [0.3, 0.4) is 0 Å². The van der Waals surface area contributed by atoms with Crippen LogP contribution in [-0.4, -0.2) is 74.8 Å². The van der Waals surface area contributed by atoms with Crippen LogP contribution in [-0.2, 0) is 42.9 Å². The Morgan fingerprint density at radius 3 is 2.42 bits per heavy atom. The Balaban J connectivity index is 0.812. The summed E-state index contributed by atoms with van der Waals surface area (Å²) in [5.74, 6) is -2.96. The zero-order valence-corrected chi connectivity index (χ0v) is 38.3. The molecule has 0 radical (unpaired) electrons. The first kappa shape index (κ1) is 45.1. The van der Waals surface area contributed by atoms with Crippen molar-refractivity contribution in [2.75, 3.05) is 18.9 Å². The predicted octanol–water partition coefficient (Wildman–Crippen LogP) is 6.96. The third-order valence-electron chi connectivity index (χ3n) is 15.4. The highest BCUT2D eigenvalue weighted by atomic mass is 35.5. The molecule has 4 atom stereocenters. The number of imide groups is 1. The van der Waals surface area contributed by atoms with Crippen LogP contribution in [0.1, 0.15) is 119 Å². The third kappa shape index (κ3) is 7.76. The first-order valence-corrected chi connectivity index (χ1v) is 23.9. The van der Waals surface area contributed by atoms with Crippen LogP contribution < -0.4 is 27.0 Å². The Hall–Kier alpha value is -5.05. The highest BCUT2D eigenvalue weighted by Gasteiger charge is 2.72. The van der Waals surface area contributed by atoms with Crippen molar-refractivity contribution in [3.8, 4) is 0 Å². The number of aryl methyl sites for hydroxylation is 2. The van der Waals surface area contributed by atoms with Gasteiger partial charge in [0, 0.05) is 61.2 Å². The maximum atomic E-state index is 16.4. The van der Waals surface area contributed by atoms with E-state index in [1.807, 2.05) is 24.3 Å². The van der Waals surface area contributed by atoms with Crippen molar-refractivity contribution in [1.82, 2.24) is 30.0 Å². The number of nitrogens with one attached hydrogen (secondary N) is 4. The molecule has 65 heavy (non-hydrogen) atoms. The van der Waals surface area contributed by atoms with Gasteiger partial charge in [-0.1, -0.05) is 73.2 Å². The molecule has 9 rings (SSSR count). The molecule has 2 saturated heterocycles. The fourth-order valence-corrected chi connectivity index (χ4v) is 12.5. The maximum Gasteiger partial charge on any atom is 0.329 e. The fourth-order valence-electron chi connectivity index (χ4n) is 12.1. The summed E-state index contributed by atoms with van der Waals surface area (Å²) in [5.41, 5.74) is 1.56. The topological polar surface area (TPSA) is 164 Å². The van der Waals surface area contributed by atoms with E-state index < -0.39 is 40.7 Å². The van der Waals surface area contributed by atoms with Gasteiger partial charge in [0.1, 0.15) is 17.3 Å². The average Bonchev–Trinajstić information content (AvgIpc) is 3.85. The number of rotatable bonds is 11. The Kier molecular flexibility index (Phi) is 12.5. The lowest BCUT2D eigenvalue weighted by Gasteiger charge is -2.47. The number of fused-ring (bicyclic) bond motifs is 4. The number of benzene rings is 3. The lowest BCUT2D eigenvalue weighted by Crippen LogP contribution is -2.60. The summed E-state index contributed by atoms with van der Waals surface area (Å²) in [5, 5.41) is 12.7. The third-order valence-corrected chi connectivity index (χ3v) is 15.9. The molecule has 2 spiro atoms. The smallest absolute Gasteiger partial charge is 0.329 e. The van der Waals surface area contributed by atoms with Gasteiger partial charge in [-0.25, -0.2) is 9.18 Å². The molecule has 4 N–H and O–H groups in total. The highest BCUT2D eigenvalue weighted by molar-refractivity contribution is 6.31. The number of nitrogens with zero attached hydrogens (tertiary/aromatic N) is 3. The van der Waals surface area contributed by atoms with E-state index in [1.165, 1.54) is 10.6 Å². The lowest BCUT2D eigenvalue weighted by atomic mass is 9.55. The van der Waals surface area contributed by atoms with Gasteiger partial charge >= 0.3 is 5.69 Å². The minimum absolute atomic E-state index is 0.0190. The second-order valence-electron chi connectivity index (χ2n) is 18.9. The molecule has 2 saturated carbocycles. The van der Waals surface area contributed by atoms with Crippen molar-refractivity contribution in [3.05, 3.63) is 97.6 Å². The van der Waals surface area contributed by atoms with Gasteiger partial charge in [0.05, 0.1) is 22.1 Å². The minimum atomic E-state index is -1.31. The Morgan fingerprint density at radius 2 is 1.66 bits per heavy atom. The second-order valence-corrected chi connectivity index (χ2v) is 19.7. The normalized spacial score (nSPS) is 26.0. The van der Waals surface area contributed by atoms with Gasteiger partial charge in [-0.15, -0.1) is 0 Å². The highest BCUT2D eigenvalue weighted by Crippen LogP contribution is 2.63. The quantitative estimate of drug-likeness (QED) is 0.0934. The molecule has 3 aromatic carbocycles. The largest absolute Gasteiger partial charge is 0.356 e. The second kappa shape index (κ2) is 18.0. The molecule has 2 aliphatic carbocycles. The number of hydrogen-bond donors (Lipinski definition) is 4. The van der Waals surface area contributed by atoms with Gasteiger partial charge in [0.2, 0.25) is 29.5 Å². The monoisotopic (exact) mass is 927 g/mol. The number of imidazole rings is 1. The molecular formula is C49H56Cl2FN7O6. The summed E-state index contributed by atoms with van der Waals surface area (Å²) in [4.78, 5) is 82.2. The van der Waals surface area contributed by atoms with Crippen molar-refractivity contribution in [3.63, 3.8) is 0 Å². The van der Waals surface area contributed by atoms with E-state index in [1.54, 1.807) is 47.8 Å². The molecule has 4 aromatic rings. The zero-order chi connectivity index (χ0) is 45.8. The summed E-state index contributed by atoms with van der Waals surface area (Å²) < 4.78 is 19.4. The van der Waals surface area contributed by atoms with E-state index in [-0.39, 0.29) is 64.7 Å². The summed E-state index contributed by atoms with van der Waals surface area (Å²) in [6.45, 7) is 0.556. The summed E-state index contributed by atoms with van der Waals surface area (Å²) in [6.07, 6.45) is 10.4. The minimum Gasteiger partial charge on any atom is -0.356 e. The number of anilines is 1. The van der Waals surface area contributed by atoms with Crippen LogP contribution in [0, 0.1) is 11.7 Å². The van der Waals surface area contributed by atoms with Crippen molar-refractivity contribution in [2.24, 2.45) is 13.0 Å². The Morgan fingerprint density at radius 1 is 0.892 bits per heavy atom. The number of aromatic nitrogens is 2. The van der Waals surface area contributed by atoms with Crippen molar-refractivity contribution in [2.45, 2.75) is 131 Å². The van der Waals surface area contributed by atoms with E-state index in [0.717, 1.165) is 56.0 Å². The Bertz CT molecular complexity index is 2630. The van der Waals surface area contributed by atoms with E-state index >= 15 is 9.18 Å². The summed E-state index contributed by atoms with van der Waals surface area (Å²) >= 11 is 12.9. The van der Waals surface area contributed by atoms with Gasteiger partial charge in [0.25, 0.3) is 0 Å². The van der Waals surface area contributed by atoms with Crippen LogP contribution in [0.15, 0.2) is 59.4 Å². The molecule has 0 bridgehead atoms. The van der Waals surface area contributed by atoms with Gasteiger partial charge in [-0.2, -0.15) is 0 Å². The van der Waals surface area contributed by atoms with E-state index in [2.05, 4.69) is 21.3 Å². The number of hydrogen-bond acceptors (Lipinski definition) is 7. The molecule has 1 aromatic heterocycles. The van der Waals surface area contributed by atoms with Gasteiger partial charge < -0.3 is 15.5 Å². The van der Waals surface area contributed by atoms with Crippen molar-refractivity contribution >= 4 is 69.5 Å². The number of amides is 5. The van der Waals surface area contributed by atoms with Crippen LogP contribution in [0.5, 0.6) is 0 Å². The molecule has 16 heteroatoms. The van der Waals surface area contributed by atoms with E-state index in [4.69, 9.17) is 23.2 Å². The van der Waals surface area contributed by atoms with Gasteiger partial charge in [-0.3, -0.25) is 43.7 Å². The zero-order valence-electron chi connectivity index (χ0n) is 36.8. The fraction of sp³-hybridized carbons (Fsp3) is 0.510. The molecule has 4 fully saturated rings. The summed E-state index contributed by atoms with van der Waals surface area (Å²) in [6, 6.07) is 14.2. The molecule has 13 nitrogen and oxygen atoms in total. The van der Waals surface area contributed by atoms with E-state index in [0.29, 0.717) is 66.9 Å². The standard InChI is InChI=1S/C49H56Cl2FN7O6/c1-57(45(63)42-40(32-11-9-12-34(51)41(32)52)49(48(56-42)23-6-4-7-24-48)33-19-16-30(50)27-35(33)54-46(49)64)31-17-14-29(15-18-31)43(61)53-25-8-3-5-10-28-13-20-36-38(26-28)58(2)47(65)59(36)37-21-22-39(60)55-44(37)62/h9,11-13,16,19-20,26-27,29,31,37,40,42,56H,3-8,10,14-15,17-18,21-25H2,1-2H3,(H,53,61)(H,54,64)(H,55,60,62)/t29?,31?,37?,40-,42+,49+/m0/s1. The molecule has 5 aliphatic rings. The van der Waals surface area contributed by atoms with Crippen molar-refractivity contribution in [1.29, 1.82) is 0 Å². The number of carbonyl (C=O) groups excluding carboxylic acids is 5. The molecule has 1 unspecified atom stereocenters. The number of halogens is 3. The van der Waals surface area contributed by atoms with Crippen LogP contribution in [0.2, 0.25) is 10.0 Å². The SMILES string of the molecule is CN(C(=O)[C@@H]1NC2(CCCCC2)[C@@]2(C(=O)Nc3cc(Cl)ccc32)[C@H]1c1cccc(Cl)c1F)C1CCC(C(=O)NCCCCCc2ccc3c(c2)n(C)c(=O)n3C2CCC(=O)NC2=O)CC1. The number of carbonyl (C=O) groups is 5. The number of piperidine rings is 1. The molecule has 344 valence electrons. The molecule has 4 heterocycles. The van der Waals surface area contributed by atoms with Gasteiger partial charge in [-0.05, 0) is 111 Å². The number of likely N-dealkylation sites (N-methyl/N-ethyl adjacent to an activating group) is 1. The number of unbranched alkanes of at least 4 members (excludes halogenated alkanes) is 2. The molecular weight excluding hydrogens is 872 g/mol. The molecule has 3 aliphatic heterocycles. The Labute approximate surface area is 387 Å². The van der Waals surface area contributed by atoms with Crippen molar-refractivity contribution < 1.29 is 28.4 Å². The van der Waals surface area contributed by atoms with Crippen LogP contribution in [0.4, 0.5) is 10.1 Å². The summed E-state index contributed by atoms with van der Waals surface area (Å²) in [7, 11) is 3.48. The average molecular weight is 929 g/mol. The van der Waals surface area contributed by atoms with Crippen LogP contribution in [0.25, 0.3) is 11.0 Å². The lowest BCUT2D eigenvalue weighted by molar-refractivity contribution is -0.137. The molecule has 5 amide bonds. The van der Waals surface area contributed by atoms with E-state index in [9.17, 15) is 24.0 Å². The maximum absolute atomic E-state index is 16.4. The van der Waals surface area contributed by atoms with Gasteiger partial charge in [0.15, 0.2) is 0 Å². The van der Waals surface area contributed by atoms with Crippen LogP contribution >= 0.6 is 23.2 Å². The first-order chi connectivity index (χ1) is 31.3. The first-order valence-electron chi connectivity index (χ1n) is 23.2. The predicted molar refractivity (Wildman–Crippen MR) is 246 cm³/mol.